The summed E-state index contributed by atoms with van der Waals surface area (Å²) in [6.07, 6.45) is 1.75. The van der Waals surface area contributed by atoms with Crippen LogP contribution in [0.3, 0.4) is 0 Å². The van der Waals surface area contributed by atoms with Crippen LogP contribution in [0.4, 0.5) is 4.79 Å². The number of hydrogen-bond donors (Lipinski definition) is 2. The number of carbonyl (C=O) groups excluding carboxylic acids is 1. The highest BCUT2D eigenvalue weighted by Crippen LogP contribution is 2.31. The van der Waals surface area contributed by atoms with Gasteiger partial charge in [-0.1, -0.05) is 12.2 Å². The zero-order valence-electron chi connectivity index (χ0n) is 8.89. The smallest absolute Gasteiger partial charge is 0.289 e. The number of hydrogen-bond acceptors (Lipinski definition) is 5. The van der Waals surface area contributed by atoms with E-state index in [2.05, 4.69) is 5.32 Å². The van der Waals surface area contributed by atoms with Crippen molar-refractivity contribution in [1.82, 2.24) is 5.32 Å². The Hall–Kier alpha value is -1.53. The maximum Gasteiger partial charge on any atom is 0.289 e. The number of benzene rings is 1. The number of ether oxygens (including phenoxy) is 1. The first-order valence-electron chi connectivity index (χ1n) is 4.72. The Labute approximate surface area is 108 Å². The number of phenolic OH excluding ortho intramolecular Hbond substituents is 1. The summed E-state index contributed by atoms with van der Waals surface area (Å²) in [7, 11) is 1.51. The summed E-state index contributed by atoms with van der Waals surface area (Å²) in [5.74, 6) is 0.653. The van der Waals surface area contributed by atoms with E-state index in [1.54, 1.807) is 18.2 Å². The van der Waals surface area contributed by atoms with Crippen molar-refractivity contribution < 1.29 is 14.6 Å². The highest BCUT2D eigenvalue weighted by atomic mass is 32.2. The number of thioether (sulfide) groups is 1. The average molecular weight is 267 g/mol. The molecule has 1 aliphatic heterocycles. The number of nitrogens with one attached hydrogen (secondary N) is 1. The highest BCUT2D eigenvalue weighted by Gasteiger charge is 2.21. The van der Waals surface area contributed by atoms with Gasteiger partial charge in [0.1, 0.15) is 16.5 Å². The Morgan fingerprint density at radius 2 is 2.29 bits per heavy atom. The van der Waals surface area contributed by atoms with Crippen molar-refractivity contribution in [2.24, 2.45) is 0 Å². The van der Waals surface area contributed by atoms with Crippen LogP contribution in [0.15, 0.2) is 23.1 Å². The first-order valence-corrected chi connectivity index (χ1v) is 5.94. The molecule has 4 nitrogen and oxygen atoms in total. The summed E-state index contributed by atoms with van der Waals surface area (Å²) >= 11 is 6.05. The standard InChI is InChI=1S/C11H9NO3S2/c1-15-8-5-7(13)3-2-6(8)4-9-10(16)12-11(14)17-9/h2-5,13H,1H3,(H,12,14,16). The first kappa shape index (κ1) is 11.9. The zero-order chi connectivity index (χ0) is 12.4. The third-order valence-corrected chi connectivity index (χ3v) is 3.43. The lowest BCUT2D eigenvalue weighted by Crippen LogP contribution is -2.15. The van der Waals surface area contributed by atoms with Crippen molar-refractivity contribution >= 4 is 40.3 Å². The van der Waals surface area contributed by atoms with Crippen LogP contribution < -0.4 is 10.1 Å². The highest BCUT2D eigenvalue weighted by molar-refractivity contribution is 8.19. The molecule has 17 heavy (non-hydrogen) atoms. The van der Waals surface area contributed by atoms with E-state index in [-0.39, 0.29) is 11.0 Å². The normalized spacial score (nSPS) is 17.4. The van der Waals surface area contributed by atoms with Crippen LogP contribution in [0.2, 0.25) is 0 Å². The monoisotopic (exact) mass is 267 g/mol. The van der Waals surface area contributed by atoms with Crippen molar-refractivity contribution in [3.63, 3.8) is 0 Å². The minimum atomic E-state index is -0.181. The number of amides is 1. The second kappa shape index (κ2) is 4.77. The summed E-state index contributed by atoms with van der Waals surface area (Å²) in [4.78, 5) is 12.2. The fraction of sp³-hybridized carbons (Fsp3) is 0.0909. The molecule has 2 rings (SSSR count). The zero-order valence-corrected chi connectivity index (χ0v) is 10.5. The predicted molar refractivity (Wildman–Crippen MR) is 71.4 cm³/mol. The van der Waals surface area contributed by atoms with Gasteiger partial charge in [-0.2, -0.15) is 0 Å². The Bertz CT molecular complexity index is 525. The van der Waals surface area contributed by atoms with Gasteiger partial charge in [-0.05, 0) is 30.0 Å². The maximum absolute atomic E-state index is 11.1. The Morgan fingerprint density at radius 3 is 2.88 bits per heavy atom. The van der Waals surface area contributed by atoms with E-state index in [0.29, 0.717) is 15.6 Å². The average Bonchev–Trinajstić information content (AvgIpc) is 2.60. The molecular weight excluding hydrogens is 258 g/mol. The second-order valence-electron chi connectivity index (χ2n) is 3.28. The van der Waals surface area contributed by atoms with Gasteiger partial charge in [0, 0.05) is 11.6 Å². The Kier molecular flexibility index (Phi) is 3.35. The van der Waals surface area contributed by atoms with Crippen LogP contribution in [-0.2, 0) is 0 Å². The third kappa shape index (κ3) is 2.59. The Balaban J connectivity index is 2.38. The van der Waals surface area contributed by atoms with Crippen LogP contribution in [0.1, 0.15) is 5.56 Å². The van der Waals surface area contributed by atoms with E-state index >= 15 is 0 Å². The van der Waals surface area contributed by atoms with E-state index in [1.165, 1.54) is 13.2 Å². The topological polar surface area (TPSA) is 58.6 Å². The van der Waals surface area contributed by atoms with Gasteiger partial charge in [0.15, 0.2) is 0 Å². The number of carbonyl (C=O) groups is 1. The fourth-order valence-corrected chi connectivity index (χ4v) is 2.41. The molecule has 1 fully saturated rings. The lowest BCUT2D eigenvalue weighted by atomic mass is 10.1. The van der Waals surface area contributed by atoms with Crippen molar-refractivity contribution in [2.75, 3.05) is 7.11 Å². The molecule has 2 N–H and O–H groups in total. The van der Waals surface area contributed by atoms with Gasteiger partial charge >= 0.3 is 0 Å². The molecule has 0 atom stereocenters. The van der Waals surface area contributed by atoms with Gasteiger partial charge in [0.05, 0.1) is 12.0 Å². The molecule has 0 aromatic heterocycles. The van der Waals surface area contributed by atoms with Crippen LogP contribution in [0, 0.1) is 0 Å². The quantitative estimate of drug-likeness (QED) is 0.637. The lowest BCUT2D eigenvalue weighted by Gasteiger charge is -2.05. The van der Waals surface area contributed by atoms with Crippen LogP contribution in [-0.4, -0.2) is 22.4 Å². The molecule has 88 valence electrons. The molecule has 0 aliphatic carbocycles. The van der Waals surface area contributed by atoms with E-state index in [1.807, 2.05) is 0 Å². The number of aromatic hydroxyl groups is 1. The summed E-state index contributed by atoms with van der Waals surface area (Å²) in [5, 5.41) is 11.7. The number of methoxy groups -OCH3 is 1. The molecular formula is C11H9NO3S2. The van der Waals surface area contributed by atoms with Crippen molar-refractivity contribution in [3.05, 3.63) is 28.7 Å². The van der Waals surface area contributed by atoms with Gasteiger partial charge in [-0.15, -0.1) is 0 Å². The molecule has 1 amide bonds. The molecule has 0 bridgehead atoms. The predicted octanol–water partition coefficient (Wildman–Crippen LogP) is 2.53. The number of rotatable bonds is 2. The van der Waals surface area contributed by atoms with Gasteiger partial charge in [-0.3, -0.25) is 4.79 Å². The largest absolute Gasteiger partial charge is 0.508 e. The lowest BCUT2D eigenvalue weighted by molar-refractivity contribution is 0.265. The Morgan fingerprint density at radius 1 is 1.53 bits per heavy atom. The molecule has 0 spiro atoms. The van der Waals surface area contributed by atoms with E-state index < -0.39 is 0 Å². The molecule has 1 aliphatic rings. The SMILES string of the molecule is COc1cc(O)ccc1C=C1SC(=O)NC1=S. The fourth-order valence-electron chi connectivity index (χ4n) is 1.38. The van der Waals surface area contributed by atoms with Gasteiger partial charge < -0.3 is 15.2 Å². The van der Waals surface area contributed by atoms with E-state index in [9.17, 15) is 9.90 Å². The minimum absolute atomic E-state index is 0.125. The van der Waals surface area contributed by atoms with E-state index in [0.717, 1.165) is 17.3 Å². The molecule has 1 heterocycles. The molecule has 1 aromatic carbocycles. The molecule has 0 radical (unpaired) electrons. The summed E-state index contributed by atoms with van der Waals surface area (Å²) in [5.41, 5.74) is 0.756. The van der Waals surface area contributed by atoms with Crippen molar-refractivity contribution in [2.45, 2.75) is 0 Å². The molecule has 1 aromatic rings. The molecule has 0 saturated carbocycles. The van der Waals surface area contributed by atoms with Crippen LogP contribution in [0.5, 0.6) is 11.5 Å². The van der Waals surface area contributed by atoms with Crippen LogP contribution >= 0.6 is 24.0 Å². The summed E-state index contributed by atoms with van der Waals surface area (Å²) < 4.78 is 5.14. The summed E-state index contributed by atoms with van der Waals surface area (Å²) in [6.45, 7) is 0. The van der Waals surface area contributed by atoms with Gasteiger partial charge in [-0.25, -0.2) is 0 Å². The third-order valence-electron chi connectivity index (χ3n) is 2.15. The molecule has 1 saturated heterocycles. The first-order chi connectivity index (χ1) is 8.10. The van der Waals surface area contributed by atoms with Gasteiger partial charge in [0.25, 0.3) is 5.24 Å². The van der Waals surface area contributed by atoms with E-state index in [4.69, 9.17) is 17.0 Å². The second-order valence-corrected chi connectivity index (χ2v) is 4.70. The maximum atomic E-state index is 11.1. The number of thiocarbonyl (C=S) groups is 1. The van der Waals surface area contributed by atoms with Crippen LogP contribution in [0.25, 0.3) is 6.08 Å². The minimum Gasteiger partial charge on any atom is -0.508 e. The molecule has 6 heteroatoms. The van der Waals surface area contributed by atoms with Gasteiger partial charge in [0.2, 0.25) is 0 Å². The van der Waals surface area contributed by atoms with Crippen molar-refractivity contribution in [1.29, 1.82) is 0 Å². The molecule has 0 unspecified atom stereocenters. The van der Waals surface area contributed by atoms with Crippen molar-refractivity contribution in [3.8, 4) is 11.5 Å². The summed E-state index contributed by atoms with van der Waals surface area (Å²) in [6, 6.07) is 4.75. The number of phenols is 1.